The molecule has 2 rings (SSSR count). The lowest BCUT2D eigenvalue weighted by Gasteiger charge is -2.18. The van der Waals surface area contributed by atoms with E-state index in [1.807, 2.05) is 0 Å². The molecule has 0 radical (unpaired) electrons. The van der Waals surface area contributed by atoms with Gasteiger partial charge < -0.3 is 14.8 Å². The Hall–Kier alpha value is -1.43. The highest BCUT2D eigenvalue weighted by Gasteiger charge is 2.32. The molecule has 0 aliphatic heterocycles. The standard InChI is InChI=1S/C13H16F3NO2/c1-9(8-17-10-6-7-10)18-11-4-2-3-5-12(11)19-13(14,15)16/h2-5,9-10,17H,6-8H2,1H3. The zero-order valence-corrected chi connectivity index (χ0v) is 10.5. The van der Waals surface area contributed by atoms with Gasteiger partial charge in [-0.3, -0.25) is 0 Å². The van der Waals surface area contributed by atoms with Crippen molar-refractivity contribution < 1.29 is 22.6 Å². The second-order valence-corrected chi connectivity index (χ2v) is 4.61. The van der Waals surface area contributed by atoms with Gasteiger partial charge >= 0.3 is 6.36 Å². The molecule has 19 heavy (non-hydrogen) atoms. The van der Waals surface area contributed by atoms with Gasteiger partial charge in [-0.25, -0.2) is 0 Å². The summed E-state index contributed by atoms with van der Waals surface area (Å²) >= 11 is 0. The Morgan fingerprint density at radius 1 is 1.26 bits per heavy atom. The minimum atomic E-state index is -4.71. The van der Waals surface area contributed by atoms with E-state index in [-0.39, 0.29) is 17.6 Å². The summed E-state index contributed by atoms with van der Waals surface area (Å²) in [5.74, 6) is -0.210. The van der Waals surface area contributed by atoms with E-state index >= 15 is 0 Å². The number of nitrogens with one attached hydrogen (secondary N) is 1. The quantitative estimate of drug-likeness (QED) is 0.865. The molecule has 1 aromatic carbocycles. The summed E-state index contributed by atoms with van der Waals surface area (Å²) in [5.41, 5.74) is 0. The van der Waals surface area contributed by atoms with Crippen molar-refractivity contribution in [1.82, 2.24) is 5.32 Å². The monoisotopic (exact) mass is 275 g/mol. The molecule has 1 aromatic rings. The number of halogens is 3. The second-order valence-electron chi connectivity index (χ2n) is 4.61. The van der Waals surface area contributed by atoms with Gasteiger partial charge in [-0.15, -0.1) is 13.2 Å². The van der Waals surface area contributed by atoms with E-state index in [1.54, 1.807) is 13.0 Å². The zero-order chi connectivity index (χ0) is 13.9. The third-order valence-electron chi connectivity index (χ3n) is 2.67. The van der Waals surface area contributed by atoms with Gasteiger partial charge in [-0.05, 0) is 31.9 Å². The summed E-state index contributed by atoms with van der Waals surface area (Å²) in [6, 6.07) is 6.33. The van der Waals surface area contributed by atoms with Crippen molar-refractivity contribution in [3.8, 4) is 11.5 Å². The minimum absolute atomic E-state index is 0.102. The Balaban J connectivity index is 1.93. The van der Waals surface area contributed by atoms with Crippen molar-refractivity contribution in [2.24, 2.45) is 0 Å². The first-order chi connectivity index (χ1) is 8.94. The van der Waals surface area contributed by atoms with Gasteiger partial charge in [0.2, 0.25) is 0 Å². The van der Waals surface area contributed by atoms with E-state index in [4.69, 9.17) is 4.74 Å². The van der Waals surface area contributed by atoms with Gasteiger partial charge in [0.15, 0.2) is 11.5 Å². The first-order valence-electron chi connectivity index (χ1n) is 6.19. The van der Waals surface area contributed by atoms with Crippen molar-refractivity contribution in [2.45, 2.75) is 38.3 Å². The summed E-state index contributed by atoms with van der Waals surface area (Å²) in [7, 11) is 0. The van der Waals surface area contributed by atoms with Gasteiger partial charge in [-0.1, -0.05) is 12.1 Å². The van der Waals surface area contributed by atoms with Gasteiger partial charge in [0.05, 0.1) is 0 Å². The fourth-order valence-corrected chi connectivity index (χ4v) is 1.64. The normalized spacial score (nSPS) is 17.1. The average molecular weight is 275 g/mol. The highest BCUT2D eigenvalue weighted by atomic mass is 19.4. The molecular weight excluding hydrogens is 259 g/mol. The lowest BCUT2D eigenvalue weighted by molar-refractivity contribution is -0.275. The van der Waals surface area contributed by atoms with Crippen molar-refractivity contribution in [2.75, 3.05) is 6.54 Å². The maximum absolute atomic E-state index is 12.2. The molecule has 0 spiro atoms. The molecule has 1 saturated carbocycles. The first-order valence-corrected chi connectivity index (χ1v) is 6.19. The molecule has 106 valence electrons. The number of hydrogen-bond donors (Lipinski definition) is 1. The molecular formula is C13H16F3NO2. The fraction of sp³-hybridized carbons (Fsp3) is 0.538. The molecule has 1 aliphatic carbocycles. The SMILES string of the molecule is CC(CNC1CC1)Oc1ccccc1OC(F)(F)F. The summed E-state index contributed by atoms with van der Waals surface area (Å²) in [4.78, 5) is 0. The van der Waals surface area contributed by atoms with Crippen LogP contribution in [0, 0.1) is 0 Å². The molecule has 1 N–H and O–H groups in total. The molecule has 1 aliphatic rings. The molecule has 3 nitrogen and oxygen atoms in total. The smallest absolute Gasteiger partial charge is 0.485 e. The maximum atomic E-state index is 12.2. The van der Waals surface area contributed by atoms with Gasteiger partial charge in [0.25, 0.3) is 0 Å². The first kappa shape index (κ1) is 14.0. The van der Waals surface area contributed by atoms with Crippen molar-refractivity contribution in [3.05, 3.63) is 24.3 Å². The minimum Gasteiger partial charge on any atom is -0.485 e. The number of alkyl halides is 3. The Morgan fingerprint density at radius 2 is 1.89 bits per heavy atom. The number of hydrogen-bond acceptors (Lipinski definition) is 3. The molecule has 1 fully saturated rings. The Morgan fingerprint density at radius 3 is 2.47 bits per heavy atom. The van der Waals surface area contributed by atoms with Crippen molar-refractivity contribution in [3.63, 3.8) is 0 Å². The summed E-state index contributed by atoms with van der Waals surface area (Å²) < 4.78 is 46.1. The van der Waals surface area contributed by atoms with Crippen LogP contribution in [-0.4, -0.2) is 25.1 Å². The van der Waals surface area contributed by atoms with Crippen molar-refractivity contribution in [1.29, 1.82) is 0 Å². The summed E-state index contributed by atoms with van der Waals surface area (Å²) in [5, 5.41) is 3.26. The highest BCUT2D eigenvalue weighted by molar-refractivity contribution is 5.39. The van der Waals surface area contributed by atoms with Crippen LogP contribution in [0.15, 0.2) is 24.3 Å². The lowest BCUT2D eigenvalue weighted by atomic mass is 10.3. The maximum Gasteiger partial charge on any atom is 0.573 e. The van der Waals surface area contributed by atoms with E-state index in [0.29, 0.717) is 12.6 Å². The van der Waals surface area contributed by atoms with Crippen LogP contribution in [0.25, 0.3) is 0 Å². The predicted molar refractivity (Wildman–Crippen MR) is 64.2 cm³/mol. The largest absolute Gasteiger partial charge is 0.573 e. The fourth-order valence-electron chi connectivity index (χ4n) is 1.64. The molecule has 0 amide bonds. The Labute approximate surface area is 109 Å². The van der Waals surface area contributed by atoms with E-state index in [0.717, 1.165) is 12.8 Å². The van der Waals surface area contributed by atoms with Crippen LogP contribution in [0.2, 0.25) is 0 Å². The number of rotatable bonds is 6. The number of para-hydroxylation sites is 2. The van der Waals surface area contributed by atoms with Crippen LogP contribution in [0.4, 0.5) is 13.2 Å². The molecule has 0 saturated heterocycles. The third kappa shape index (κ3) is 4.98. The second kappa shape index (κ2) is 5.69. The van der Waals surface area contributed by atoms with Crippen LogP contribution in [-0.2, 0) is 0 Å². The van der Waals surface area contributed by atoms with Gasteiger partial charge in [0.1, 0.15) is 6.10 Å². The molecule has 0 aromatic heterocycles. The Kier molecular flexibility index (Phi) is 4.19. The van der Waals surface area contributed by atoms with Gasteiger partial charge in [-0.2, -0.15) is 0 Å². The number of ether oxygens (including phenoxy) is 2. The van der Waals surface area contributed by atoms with Gasteiger partial charge in [0, 0.05) is 12.6 Å². The Bertz CT molecular complexity index is 419. The molecule has 6 heteroatoms. The predicted octanol–water partition coefficient (Wildman–Crippen LogP) is 3.10. The summed E-state index contributed by atoms with van der Waals surface area (Å²) in [6.07, 6.45) is -2.63. The van der Waals surface area contributed by atoms with Crippen LogP contribution in [0.3, 0.4) is 0 Å². The van der Waals surface area contributed by atoms with Crippen LogP contribution in [0.1, 0.15) is 19.8 Å². The lowest BCUT2D eigenvalue weighted by Crippen LogP contribution is -2.30. The van der Waals surface area contributed by atoms with Crippen LogP contribution in [0.5, 0.6) is 11.5 Å². The average Bonchev–Trinajstić information content (AvgIpc) is 3.11. The van der Waals surface area contributed by atoms with E-state index in [1.165, 1.54) is 18.2 Å². The summed E-state index contributed by atoms with van der Waals surface area (Å²) in [6.45, 7) is 2.41. The zero-order valence-electron chi connectivity index (χ0n) is 10.5. The molecule has 0 bridgehead atoms. The number of benzene rings is 1. The molecule has 1 atom stereocenters. The van der Waals surface area contributed by atoms with E-state index < -0.39 is 6.36 Å². The molecule has 1 unspecified atom stereocenters. The highest BCUT2D eigenvalue weighted by Crippen LogP contribution is 2.32. The third-order valence-corrected chi connectivity index (χ3v) is 2.67. The topological polar surface area (TPSA) is 30.5 Å². The van der Waals surface area contributed by atoms with Crippen molar-refractivity contribution >= 4 is 0 Å². The van der Waals surface area contributed by atoms with E-state index in [9.17, 15) is 13.2 Å². The molecule has 0 heterocycles. The van der Waals surface area contributed by atoms with Crippen LogP contribution >= 0.6 is 0 Å². The van der Waals surface area contributed by atoms with Crippen LogP contribution < -0.4 is 14.8 Å². The van der Waals surface area contributed by atoms with E-state index in [2.05, 4.69) is 10.1 Å².